The van der Waals surface area contributed by atoms with Crippen molar-refractivity contribution in [3.63, 3.8) is 0 Å². The summed E-state index contributed by atoms with van der Waals surface area (Å²) in [5, 5.41) is 3.17. The number of nitrogens with one attached hydrogen (secondary N) is 1. The van der Waals surface area contributed by atoms with Crippen LogP contribution < -0.4 is 10.2 Å². The van der Waals surface area contributed by atoms with E-state index in [1.165, 1.54) is 35.0 Å². The maximum absolute atomic E-state index is 3.63. The summed E-state index contributed by atoms with van der Waals surface area (Å²) >= 11 is 3.63. The number of hydrogen-bond donors (Lipinski definition) is 1. The molecule has 17 heavy (non-hydrogen) atoms. The fourth-order valence-electron chi connectivity index (χ4n) is 1.84. The summed E-state index contributed by atoms with van der Waals surface area (Å²) in [5.41, 5.74) is 2.59. The van der Waals surface area contributed by atoms with Crippen molar-refractivity contribution in [1.29, 1.82) is 0 Å². The van der Waals surface area contributed by atoms with Gasteiger partial charge in [0.25, 0.3) is 0 Å². The number of anilines is 1. The van der Waals surface area contributed by atoms with Crippen LogP contribution in [-0.2, 0) is 6.54 Å². The average Bonchev–Trinajstić information content (AvgIpc) is 2.32. The largest absolute Gasteiger partial charge is 0.375 e. The van der Waals surface area contributed by atoms with Crippen molar-refractivity contribution in [3.05, 3.63) is 28.2 Å². The minimum Gasteiger partial charge on any atom is -0.375 e. The van der Waals surface area contributed by atoms with Gasteiger partial charge in [-0.3, -0.25) is 0 Å². The Kier molecular flexibility index (Phi) is 6.60. The summed E-state index contributed by atoms with van der Waals surface area (Å²) < 4.78 is 1.19. The highest BCUT2D eigenvalue weighted by Crippen LogP contribution is 2.23. The predicted molar refractivity (Wildman–Crippen MR) is 79.7 cm³/mol. The molecule has 0 saturated carbocycles. The molecule has 0 heterocycles. The fraction of sp³-hybridized carbons (Fsp3) is 0.571. The summed E-state index contributed by atoms with van der Waals surface area (Å²) in [5.74, 6) is 0. The van der Waals surface area contributed by atoms with Gasteiger partial charge in [-0.25, -0.2) is 0 Å². The van der Waals surface area contributed by atoms with E-state index >= 15 is 0 Å². The summed E-state index contributed by atoms with van der Waals surface area (Å²) in [6.07, 6.45) is 3.85. The predicted octanol–water partition coefficient (Wildman–Crippen LogP) is 3.79. The highest BCUT2D eigenvalue weighted by Gasteiger charge is 2.04. The average molecular weight is 299 g/mol. The molecule has 3 heteroatoms. The normalized spacial score (nSPS) is 10.6. The van der Waals surface area contributed by atoms with E-state index in [9.17, 15) is 0 Å². The molecular formula is C14H23BrN2. The van der Waals surface area contributed by atoms with E-state index < -0.39 is 0 Å². The van der Waals surface area contributed by atoms with Crippen LogP contribution in [0.5, 0.6) is 0 Å². The monoisotopic (exact) mass is 298 g/mol. The maximum atomic E-state index is 3.63. The Morgan fingerprint density at radius 1 is 1.29 bits per heavy atom. The van der Waals surface area contributed by atoms with Crippen molar-refractivity contribution in [2.45, 2.75) is 32.7 Å². The highest BCUT2D eigenvalue weighted by atomic mass is 79.9. The van der Waals surface area contributed by atoms with Crippen LogP contribution in [0.25, 0.3) is 0 Å². The number of unbranched alkanes of at least 4 members (excludes halogenated alkanes) is 2. The van der Waals surface area contributed by atoms with Gasteiger partial charge in [-0.15, -0.1) is 0 Å². The topological polar surface area (TPSA) is 15.3 Å². The molecule has 0 aliphatic rings. The molecule has 1 rings (SSSR count). The van der Waals surface area contributed by atoms with Crippen LogP contribution in [0.15, 0.2) is 22.7 Å². The first-order chi connectivity index (χ1) is 8.19. The fourth-order valence-corrected chi connectivity index (χ4v) is 2.34. The van der Waals surface area contributed by atoms with E-state index in [0.29, 0.717) is 0 Å². The summed E-state index contributed by atoms with van der Waals surface area (Å²) in [6, 6.07) is 6.59. The van der Waals surface area contributed by atoms with Crippen LogP contribution >= 0.6 is 15.9 Å². The third-order valence-electron chi connectivity index (χ3n) is 2.94. The summed E-state index contributed by atoms with van der Waals surface area (Å²) in [7, 11) is 4.13. The summed E-state index contributed by atoms with van der Waals surface area (Å²) in [6.45, 7) is 4.27. The third-order valence-corrected chi connectivity index (χ3v) is 3.68. The van der Waals surface area contributed by atoms with Crippen molar-refractivity contribution < 1.29 is 0 Å². The van der Waals surface area contributed by atoms with Crippen LogP contribution in [-0.4, -0.2) is 20.6 Å². The first kappa shape index (κ1) is 14.5. The molecule has 0 radical (unpaired) electrons. The Morgan fingerprint density at radius 3 is 2.65 bits per heavy atom. The minimum absolute atomic E-state index is 0.903. The van der Waals surface area contributed by atoms with Crippen LogP contribution in [0.4, 0.5) is 5.69 Å². The maximum Gasteiger partial charge on any atom is 0.0375 e. The zero-order valence-corrected chi connectivity index (χ0v) is 12.7. The van der Waals surface area contributed by atoms with Gasteiger partial charge in [-0.1, -0.05) is 41.8 Å². The van der Waals surface area contributed by atoms with Gasteiger partial charge in [0.15, 0.2) is 0 Å². The van der Waals surface area contributed by atoms with Crippen molar-refractivity contribution in [3.8, 4) is 0 Å². The molecule has 0 aliphatic carbocycles. The lowest BCUT2D eigenvalue weighted by atomic mass is 10.2. The van der Waals surface area contributed by atoms with Crippen molar-refractivity contribution in [1.82, 2.24) is 5.32 Å². The molecule has 1 aromatic rings. The molecule has 1 N–H and O–H groups in total. The van der Waals surface area contributed by atoms with E-state index in [2.05, 4.69) is 58.3 Å². The van der Waals surface area contributed by atoms with Crippen molar-refractivity contribution in [2.75, 3.05) is 25.5 Å². The Bertz CT molecular complexity index is 339. The summed E-state index contributed by atoms with van der Waals surface area (Å²) in [4.78, 5) is 2.32. The second kappa shape index (κ2) is 7.72. The van der Waals surface area contributed by atoms with Gasteiger partial charge in [-0.2, -0.15) is 0 Å². The molecule has 0 spiro atoms. The van der Waals surface area contributed by atoms with Crippen LogP contribution in [0, 0.1) is 0 Å². The van der Waals surface area contributed by atoms with Crippen LogP contribution in [0.2, 0.25) is 0 Å². The molecule has 0 aromatic heterocycles. The molecule has 0 bridgehead atoms. The number of hydrogen-bond acceptors (Lipinski definition) is 2. The van der Waals surface area contributed by atoms with Gasteiger partial charge in [0.1, 0.15) is 0 Å². The third kappa shape index (κ3) is 4.68. The number of benzene rings is 1. The molecule has 0 unspecified atom stereocenters. The van der Waals surface area contributed by atoms with Gasteiger partial charge in [0.2, 0.25) is 0 Å². The van der Waals surface area contributed by atoms with Crippen molar-refractivity contribution >= 4 is 21.6 Å². The molecule has 1 aromatic carbocycles. The lowest BCUT2D eigenvalue weighted by molar-refractivity contribution is 0.705. The van der Waals surface area contributed by atoms with Crippen molar-refractivity contribution in [2.24, 2.45) is 0 Å². The molecule has 2 nitrogen and oxygen atoms in total. The zero-order chi connectivity index (χ0) is 12.7. The smallest absolute Gasteiger partial charge is 0.0375 e. The quantitative estimate of drug-likeness (QED) is 0.771. The first-order valence-corrected chi connectivity index (χ1v) is 7.12. The minimum atomic E-state index is 0.903. The van der Waals surface area contributed by atoms with E-state index in [0.717, 1.165) is 13.1 Å². The number of halogens is 1. The van der Waals surface area contributed by atoms with Gasteiger partial charge in [0, 0.05) is 30.3 Å². The van der Waals surface area contributed by atoms with E-state index in [1.54, 1.807) is 0 Å². The zero-order valence-electron chi connectivity index (χ0n) is 11.1. The molecule has 0 amide bonds. The van der Waals surface area contributed by atoms with E-state index in [-0.39, 0.29) is 0 Å². The van der Waals surface area contributed by atoms with Gasteiger partial charge < -0.3 is 10.2 Å². The van der Waals surface area contributed by atoms with Gasteiger partial charge in [0.05, 0.1) is 0 Å². The second-order valence-corrected chi connectivity index (χ2v) is 5.29. The van der Waals surface area contributed by atoms with Gasteiger partial charge >= 0.3 is 0 Å². The molecule has 0 saturated heterocycles. The lowest BCUT2D eigenvalue weighted by Crippen LogP contribution is -2.18. The second-order valence-electron chi connectivity index (χ2n) is 4.43. The lowest BCUT2D eigenvalue weighted by Gasteiger charge is -2.20. The van der Waals surface area contributed by atoms with Crippen LogP contribution in [0.1, 0.15) is 31.7 Å². The van der Waals surface area contributed by atoms with Crippen LogP contribution in [0.3, 0.4) is 0 Å². The standard InChI is InChI=1S/C14H23BrN2/c1-4-5-6-9-17(3)13-8-7-12(11-16-2)14(15)10-13/h7-8,10,16H,4-6,9,11H2,1-3H3. The molecule has 0 atom stereocenters. The Labute approximate surface area is 114 Å². The Morgan fingerprint density at radius 2 is 2.06 bits per heavy atom. The highest BCUT2D eigenvalue weighted by molar-refractivity contribution is 9.10. The van der Waals surface area contributed by atoms with Gasteiger partial charge in [-0.05, 0) is 31.2 Å². The first-order valence-electron chi connectivity index (χ1n) is 6.33. The Hall–Kier alpha value is -0.540. The SMILES string of the molecule is CCCCCN(C)c1ccc(CNC)c(Br)c1. The Balaban J connectivity index is 2.62. The molecule has 0 aliphatic heterocycles. The molecule has 96 valence electrons. The molecular weight excluding hydrogens is 276 g/mol. The van der Waals surface area contributed by atoms with E-state index in [1.807, 2.05) is 7.05 Å². The number of nitrogens with zero attached hydrogens (tertiary/aromatic N) is 1. The molecule has 0 fully saturated rings. The number of rotatable bonds is 7. The van der Waals surface area contributed by atoms with E-state index in [4.69, 9.17) is 0 Å².